The van der Waals surface area contributed by atoms with E-state index in [1.54, 1.807) is 36.4 Å². The molecule has 1 aromatic carbocycles. The molecule has 0 atom stereocenters. The lowest BCUT2D eigenvalue weighted by atomic mass is 10.1. The van der Waals surface area contributed by atoms with Gasteiger partial charge in [-0.2, -0.15) is 0 Å². The van der Waals surface area contributed by atoms with Gasteiger partial charge in [0.05, 0.1) is 11.8 Å². The van der Waals surface area contributed by atoms with Gasteiger partial charge in [0.2, 0.25) is 0 Å². The molecule has 0 fully saturated rings. The summed E-state index contributed by atoms with van der Waals surface area (Å²) >= 11 is 0. The molecule has 0 aliphatic heterocycles. The number of hydrogen-bond acceptors (Lipinski definition) is 4. The third-order valence-electron chi connectivity index (χ3n) is 3.03. The Hall–Kier alpha value is -2.43. The normalized spacial score (nSPS) is 10.4. The fraction of sp³-hybridized carbons (Fsp3) is 0.214. The van der Waals surface area contributed by atoms with Crippen molar-refractivity contribution < 1.29 is 9.21 Å². The number of nitrogens with two attached hydrogens (primary N) is 2. The molecule has 2 rings (SSSR count). The van der Waals surface area contributed by atoms with E-state index in [0.717, 1.165) is 11.3 Å². The fourth-order valence-corrected chi connectivity index (χ4v) is 1.88. The lowest BCUT2D eigenvalue weighted by Gasteiger charge is -2.18. The van der Waals surface area contributed by atoms with Crippen molar-refractivity contribution in [1.29, 1.82) is 0 Å². The summed E-state index contributed by atoms with van der Waals surface area (Å²) in [6.07, 6.45) is 1.61. The molecule has 4 N–H and O–H groups in total. The Morgan fingerprint density at radius 3 is 2.63 bits per heavy atom. The van der Waals surface area contributed by atoms with E-state index in [-0.39, 0.29) is 5.91 Å². The van der Waals surface area contributed by atoms with E-state index in [4.69, 9.17) is 15.9 Å². The highest BCUT2D eigenvalue weighted by Crippen LogP contribution is 2.19. The van der Waals surface area contributed by atoms with Crippen LogP contribution in [0.15, 0.2) is 34.9 Å². The van der Waals surface area contributed by atoms with Gasteiger partial charge in [0, 0.05) is 30.5 Å². The Morgan fingerprint density at radius 2 is 2.05 bits per heavy atom. The summed E-state index contributed by atoms with van der Waals surface area (Å²) in [6, 6.07) is 6.75. The lowest BCUT2D eigenvalue weighted by molar-refractivity contribution is 0.0786. The van der Waals surface area contributed by atoms with Crippen molar-refractivity contribution in [1.82, 2.24) is 4.90 Å². The number of carbonyl (C=O) groups excluding carboxylic acids is 1. The number of carbonyl (C=O) groups is 1. The van der Waals surface area contributed by atoms with Gasteiger partial charge in [-0.3, -0.25) is 4.79 Å². The van der Waals surface area contributed by atoms with Crippen LogP contribution in [0, 0.1) is 6.92 Å². The first kappa shape index (κ1) is 13.0. The molecule has 0 saturated carbocycles. The molecule has 1 aromatic heterocycles. The number of nitrogens with zero attached hydrogens (tertiary/aromatic N) is 1. The molecule has 19 heavy (non-hydrogen) atoms. The third kappa shape index (κ3) is 2.70. The predicted octanol–water partition coefficient (Wildman–Crippen LogP) is 2.02. The Balaban J connectivity index is 2.17. The highest BCUT2D eigenvalue weighted by molar-refractivity contribution is 5.99. The average Bonchev–Trinajstić information content (AvgIpc) is 2.74. The van der Waals surface area contributed by atoms with Crippen molar-refractivity contribution in [2.45, 2.75) is 13.5 Å². The zero-order valence-electron chi connectivity index (χ0n) is 11.0. The van der Waals surface area contributed by atoms with Gasteiger partial charge < -0.3 is 20.8 Å². The van der Waals surface area contributed by atoms with E-state index in [1.807, 2.05) is 13.0 Å². The van der Waals surface area contributed by atoms with Crippen molar-refractivity contribution in [3.63, 3.8) is 0 Å². The molecule has 100 valence electrons. The van der Waals surface area contributed by atoms with Gasteiger partial charge in [-0.05, 0) is 31.2 Å². The maximum atomic E-state index is 12.3. The molecule has 0 radical (unpaired) electrons. The Labute approximate surface area is 111 Å². The number of aryl methyl sites for hydroxylation is 1. The zero-order valence-corrected chi connectivity index (χ0v) is 11.0. The molecule has 2 aromatic rings. The monoisotopic (exact) mass is 259 g/mol. The second-order valence-corrected chi connectivity index (χ2v) is 4.51. The standard InChI is InChI=1S/C14H17N3O2/c1-9-10(5-6-19-9)8-17(2)14(18)12-4-3-11(15)7-13(12)16/h3-7H,8,15-16H2,1-2H3. The van der Waals surface area contributed by atoms with Crippen molar-refractivity contribution in [3.8, 4) is 0 Å². The molecule has 1 amide bonds. The summed E-state index contributed by atoms with van der Waals surface area (Å²) < 4.78 is 5.21. The van der Waals surface area contributed by atoms with Gasteiger partial charge in [0.15, 0.2) is 0 Å². The Bertz CT molecular complexity index is 604. The second-order valence-electron chi connectivity index (χ2n) is 4.51. The van der Waals surface area contributed by atoms with Crippen LogP contribution < -0.4 is 11.5 Å². The van der Waals surface area contributed by atoms with Crippen LogP contribution in [0.2, 0.25) is 0 Å². The lowest BCUT2D eigenvalue weighted by Crippen LogP contribution is -2.27. The van der Waals surface area contributed by atoms with Gasteiger partial charge in [0.1, 0.15) is 5.76 Å². The smallest absolute Gasteiger partial charge is 0.255 e. The van der Waals surface area contributed by atoms with Crippen molar-refractivity contribution >= 4 is 17.3 Å². The molecule has 0 aliphatic carbocycles. The van der Waals surface area contributed by atoms with E-state index in [0.29, 0.717) is 23.5 Å². The fourth-order valence-electron chi connectivity index (χ4n) is 1.88. The van der Waals surface area contributed by atoms with Gasteiger partial charge in [0.25, 0.3) is 5.91 Å². The molecule has 0 saturated heterocycles. The quantitative estimate of drug-likeness (QED) is 0.826. The Kier molecular flexibility index (Phi) is 3.46. The molecule has 0 aliphatic rings. The number of nitrogen functional groups attached to an aromatic ring is 2. The summed E-state index contributed by atoms with van der Waals surface area (Å²) in [5.74, 6) is 0.669. The maximum absolute atomic E-state index is 12.3. The summed E-state index contributed by atoms with van der Waals surface area (Å²) in [5.41, 5.74) is 13.8. The topological polar surface area (TPSA) is 85.5 Å². The molecular weight excluding hydrogens is 242 g/mol. The van der Waals surface area contributed by atoms with Crippen molar-refractivity contribution in [2.24, 2.45) is 0 Å². The number of amides is 1. The van der Waals surface area contributed by atoms with Crippen LogP contribution in [0.5, 0.6) is 0 Å². The van der Waals surface area contributed by atoms with Crippen LogP contribution in [0.4, 0.5) is 11.4 Å². The van der Waals surface area contributed by atoms with Gasteiger partial charge in [-0.15, -0.1) is 0 Å². The largest absolute Gasteiger partial charge is 0.469 e. The molecule has 0 spiro atoms. The van der Waals surface area contributed by atoms with E-state index in [9.17, 15) is 4.79 Å². The first-order valence-corrected chi connectivity index (χ1v) is 5.92. The average molecular weight is 259 g/mol. The molecule has 0 bridgehead atoms. The molecule has 1 heterocycles. The van der Waals surface area contributed by atoms with Crippen LogP contribution in [-0.2, 0) is 6.54 Å². The van der Waals surface area contributed by atoms with Gasteiger partial charge in [-0.25, -0.2) is 0 Å². The number of hydrogen-bond donors (Lipinski definition) is 2. The summed E-state index contributed by atoms with van der Waals surface area (Å²) in [7, 11) is 1.73. The SMILES string of the molecule is Cc1occc1CN(C)C(=O)c1ccc(N)cc1N. The first-order chi connectivity index (χ1) is 8.99. The van der Waals surface area contributed by atoms with E-state index < -0.39 is 0 Å². The number of rotatable bonds is 3. The van der Waals surface area contributed by atoms with Crippen LogP contribution in [0.1, 0.15) is 21.7 Å². The minimum atomic E-state index is -0.141. The van der Waals surface area contributed by atoms with Crippen LogP contribution in [0.25, 0.3) is 0 Å². The Morgan fingerprint density at radius 1 is 1.32 bits per heavy atom. The first-order valence-electron chi connectivity index (χ1n) is 5.92. The highest BCUT2D eigenvalue weighted by atomic mass is 16.3. The zero-order chi connectivity index (χ0) is 14.0. The van der Waals surface area contributed by atoms with E-state index in [1.165, 1.54) is 0 Å². The van der Waals surface area contributed by atoms with E-state index in [2.05, 4.69) is 0 Å². The maximum Gasteiger partial charge on any atom is 0.255 e. The summed E-state index contributed by atoms with van der Waals surface area (Å²) in [4.78, 5) is 13.9. The minimum absolute atomic E-state index is 0.141. The highest BCUT2D eigenvalue weighted by Gasteiger charge is 2.16. The summed E-state index contributed by atoms with van der Waals surface area (Å²) in [6.45, 7) is 2.34. The minimum Gasteiger partial charge on any atom is -0.469 e. The van der Waals surface area contributed by atoms with Crippen LogP contribution >= 0.6 is 0 Å². The number of benzene rings is 1. The van der Waals surface area contributed by atoms with Gasteiger partial charge in [-0.1, -0.05) is 0 Å². The number of furan rings is 1. The number of anilines is 2. The second kappa shape index (κ2) is 5.06. The molecule has 5 heteroatoms. The van der Waals surface area contributed by atoms with Crippen LogP contribution in [0.3, 0.4) is 0 Å². The van der Waals surface area contributed by atoms with Crippen molar-refractivity contribution in [3.05, 3.63) is 47.4 Å². The summed E-state index contributed by atoms with van der Waals surface area (Å²) in [5, 5.41) is 0. The third-order valence-corrected chi connectivity index (χ3v) is 3.03. The predicted molar refractivity (Wildman–Crippen MR) is 74.5 cm³/mol. The van der Waals surface area contributed by atoms with Gasteiger partial charge >= 0.3 is 0 Å². The molecule has 0 unspecified atom stereocenters. The van der Waals surface area contributed by atoms with Crippen LogP contribution in [-0.4, -0.2) is 17.9 Å². The van der Waals surface area contributed by atoms with Crippen molar-refractivity contribution in [2.75, 3.05) is 18.5 Å². The molecule has 5 nitrogen and oxygen atoms in total. The molecular formula is C14H17N3O2. The van der Waals surface area contributed by atoms with E-state index >= 15 is 0 Å².